The fourth-order valence-electron chi connectivity index (χ4n) is 2.41. The molecule has 0 bridgehead atoms. The summed E-state index contributed by atoms with van der Waals surface area (Å²) in [6.07, 6.45) is 0. The maximum Gasteiger partial charge on any atom is 0.163 e. The second-order valence-electron chi connectivity index (χ2n) is 5.94. The minimum absolute atomic E-state index is 0.248. The van der Waals surface area contributed by atoms with E-state index in [0.717, 1.165) is 17.1 Å². The van der Waals surface area contributed by atoms with Gasteiger partial charge in [-0.3, -0.25) is 0 Å². The summed E-state index contributed by atoms with van der Waals surface area (Å²) in [5.74, 6) is 2.00. The van der Waals surface area contributed by atoms with E-state index in [1.165, 1.54) is 0 Å². The highest BCUT2D eigenvalue weighted by Gasteiger charge is 2.09. The summed E-state index contributed by atoms with van der Waals surface area (Å²) in [7, 11) is 0. The highest BCUT2D eigenvalue weighted by atomic mass is 15.1. The minimum Gasteiger partial charge on any atom is -0.368 e. The first-order valence-corrected chi connectivity index (χ1v) is 8.12. The Morgan fingerprint density at radius 1 is 0.920 bits per heavy atom. The van der Waals surface area contributed by atoms with Crippen LogP contribution in [0.25, 0.3) is 11.4 Å². The molecule has 3 aromatic rings. The van der Waals surface area contributed by atoms with Crippen LogP contribution in [0.15, 0.2) is 60.7 Å². The number of benzene rings is 2. The van der Waals surface area contributed by atoms with E-state index in [0.29, 0.717) is 17.2 Å². The maximum absolute atomic E-state index is 9.12. The molecule has 0 aliphatic rings. The first-order chi connectivity index (χ1) is 12.1. The van der Waals surface area contributed by atoms with Crippen LogP contribution in [0.3, 0.4) is 0 Å². The zero-order valence-electron chi connectivity index (χ0n) is 14.2. The number of hydrogen-bond acceptors (Lipinski definition) is 5. The molecule has 2 aromatic carbocycles. The third kappa shape index (κ3) is 4.33. The molecule has 0 aliphatic heterocycles. The van der Waals surface area contributed by atoms with Crippen LogP contribution in [0.2, 0.25) is 0 Å². The van der Waals surface area contributed by atoms with Gasteiger partial charge in [0.05, 0.1) is 11.6 Å². The molecule has 2 N–H and O–H groups in total. The monoisotopic (exact) mass is 329 g/mol. The average Bonchev–Trinajstić information content (AvgIpc) is 2.62. The van der Waals surface area contributed by atoms with Crippen LogP contribution in [-0.4, -0.2) is 16.0 Å². The van der Waals surface area contributed by atoms with E-state index in [9.17, 15) is 0 Å². The molecule has 0 atom stereocenters. The number of nitrogens with one attached hydrogen (secondary N) is 2. The number of nitriles is 1. The van der Waals surface area contributed by atoms with Gasteiger partial charge >= 0.3 is 0 Å². The standard InChI is InChI=1S/C20H19N5/c1-14(2)22-18-12-19(23-17-9-4-3-5-10-17)25-20(24-18)16-8-6-7-15(11-16)13-21/h3-12,14H,1-2H3,(H2,22,23,24,25). The van der Waals surface area contributed by atoms with Crippen molar-refractivity contribution in [2.75, 3.05) is 10.6 Å². The SMILES string of the molecule is CC(C)Nc1cc(Nc2ccccc2)nc(-c2cccc(C#N)c2)n1. The second-order valence-corrected chi connectivity index (χ2v) is 5.94. The Hall–Kier alpha value is -3.39. The van der Waals surface area contributed by atoms with E-state index >= 15 is 0 Å². The third-order valence-electron chi connectivity index (χ3n) is 3.46. The van der Waals surface area contributed by atoms with Crippen LogP contribution >= 0.6 is 0 Å². The molecule has 0 aliphatic carbocycles. The minimum atomic E-state index is 0.248. The smallest absolute Gasteiger partial charge is 0.163 e. The second kappa shape index (κ2) is 7.45. The number of para-hydroxylation sites is 1. The van der Waals surface area contributed by atoms with E-state index in [1.807, 2.05) is 48.5 Å². The van der Waals surface area contributed by atoms with Crippen LogP contribution in [0.1, 0.15) is 19.4 Å². The number of hydrogen-bond donors (Lipinski definition) is 2. The average molecular weight is 329 g/mol. The topological polar surface area (TPSA) is 73.6 Å². The molecule has 0 spiro atoms. The van der Waals surface area contributed by atoms with Gasteiger partial charge in [0.15, 0.2) is 5.82 Å². The first-order valence-electron chi connectivity index (χ1n) is 8.12. The van der Waals surface area contributed by atoms with E-state index in [4.69, 9.17) is 5.26 Å². The molecule has 0 amide bonds. The molecule has 3 rings (SSSR count). The van der Waals surface area contributed by atoms with Crippen molar-refractivity contribution in [2.45, 2.75) is 19.9 Å². The summed E-state index contributed by atoms with van der Waals surface area (Å²) >= 11 is 0. The van der Waals surface area contributed by atoms with E-state index in [-0.39, 0.29) is 6.04 Å². The Morgan fingerprint density at radius 3 is 2.40 bits per heavy atom. The molecule has 0 radical (unpaired) electrons. The lowest BCUT2D eigenvalue weighted by Gasteiger charge is -2.13. The fourth-order valence-corrected chi connectivity index (χ4v) is 2.41. The Bertz CT molecular complexity index is 897. The molecule has 1 heterocycles. The number of rotatable bonds is 5. The van der Waals surface area contributed by atoms with Crippen molar-refractivity contribution in [1.82, 2.24) is 9.97 Å². The predicted octanol–water partition coefficient (Wildman–Crippen LogP) is 4.58. The Kier molecular flexibility index (Phi) is 4.91. The molecule has 0 saturated heterocycles. The predicted molar refractivity (Wildman–Crippen MR) is 101 cm³/mol. The van der Waals surface area contributed by atoms with Crippen molar-refractivity contribution in [3.05, 3.63) is 66.2 Å². The zero-order valence-corrected chi connectivity index (χ0v) is 14.2. The molecule has 0 fully saturated rings. The van der Waals surface area contributed by atoms with Gasteiger partial charge in [-0.2, -0.15) is 5.26 Å². The van der Waals surface area contributed by atoms with Gasteiger partial charge in [0.2, 0.25) is 0 Å². The number of anilines is 3. The largest absolute Gasteiger partial charge is 0.368 e. The van der Waals surface area contributed by atoms with Gasteiger partial charge in [-0.05, 0) is 38.1 Å². The van der Waals surface area contributed by atoms with Crippen molar-refractivity contribution < 1.29 is 0 Å². The van der Waals surface area contributed by atoms with E-state index < -0.39 is 0 Å². The van der Waals surface area contributed by atoms with Crippen LogP contribution in [0.4, 0.5) is 17.3 Å². The summed E-state index contributed by atoms with van der Waals surface area (Å²) in [6, 6.07) is 21.4. The summed E-state index contributed by atoms with van der Waals surface area (Å²) in [6.45, 7) is 4.12. The van der Waals surface area contributed by atoms with Crippen molar-refractivity contribution in [3.63, 3.8) is 0 Å². The van der Waals surface area contributed by atoms with Crippen LogP contribution in [-0.2, 0) is 0 Å². The van der Waals surface area contributed by atoms with Crippen molar-refractivity contribution >= 4 is 17.3 Å². The van der Waals surface area contributed by atoms with Gasteiger partial charge in [-0.25, -0.2) is 9.97 Å². The fraction of sp³-hybridized carbons (Fsp3) is 0.150. The van der Waals surface area contributed by atoms with Gasteiger partial charge in [-0.1, -0.05) is 30.3 Å². The lowest BCUT2D eigenvalue weighted by atomic mass is 10.1. The van der Waals surface area contributed by atoms with Gasteiger partial charge in [0.1, 0.15) is 11.6 Å². The molecule has 124 valence electrons. The summed E-state index contributed by atoms with van der Waals surface area (Å²) < 4.78 is 0. The number of aromatic nitrogens is 2. The molecular formula is C20H19N5. The Labute approximate surface area is 147 Å². The van der Waals surface area contributed by atoms with Crippen LogP contribution in [0, 0.1) is 11.3 Å². The summed E-state index contributed by atoms with van der Waals surface area (Å²) in [4.78, 5) is 9.20. The molecule has 1 aromatic heterocycles. The Morgan fingerprint density at radius 2 is 1.68 bits per heavy atom. The van der Waals surface area contributed by atoms with Crippen molar-refractivity contribution in [3.8, 4) is 17.5 Å². The van der Waals surface area contributed by atoms with Crippen LogP contribution < -0.4 is 10.6 Å². The lowest BCUT2D eigenvalue weighted by molar-refractivity contribution is 0.887. The van der Waals surface area contributed by atoms with Gasteiger partial charge in [-0.15, -0.1) is 0 Å². The third-order valence-corrected chi connectivity index (χ3v) is 3.46. The quantitative estimate of drug-likeness (QED) is 0.717. The highest BCUT2D eigenvalue weighted by Crippen LogP contribution is 2.23. The first kappa shape index (κ1) is 16.5. The van der Waals surface area contributed by atoms with Crippen molar-refractivity contribution in [2.24, 2.45) is 0 Å². The molecular weight excluding hydrogens is 310 g/mol. The highest BCUT2D eigenvalue weighted by molar-refractivity contribution is 5.66. The summed E-state index contributed by atoms with van der Waals surface area (Å²) in [5, 5.41) is 15.7. The van der Waals surface area contributed by atoms with Crippen LogP contribution in [0.5, 0.6) is 0 Å². The number of nitrogens with zero attached hydrogens (tertiary/aromatic N) is 3. The molecule has 0 unspecified atom stereocenters. The van der Waals surface area contributed by atoms with Crippen molar-refractivity contribution in [1.29, 1.82) is 5.26 Å². The zero-order chi connectivity index (χ0) is 17.6. The molecule has 5 heteroatoms. The summed E-state index contributed by atoms with van der Waals surface area (Å²) in [5.41, 5.74) is 2.34. The maximum atomic E-state index is 9.12. The molecule has 0 saturated carbocycles. The molecule has 5 nitrogen and oxygen atoms in total. The Balaban J connectivity index is 2.01. The lowest BCUT2D eigenvalue weighted by Crippen LogP contribution is -2.12. The van der Waals surface area contributed by atoms with Gasteiger partial charge < -0.3 is 10.6 Å². The molecule has 25 heavy (non-hydrogen) atoms. The van der Waals surface area contributed by atoms with Gasteiger partial charge in [0, 0.05) is 23.4 Å². The van der Waals surface area contributed by atoms with E-state index in [1.54, 1.807) is 12.1 Å². The normalized spacial score (nSPS) is 10.3. The van der Waals surface area contributed by atoms with E-state index in [2.05, 4.69) is 40.5 Å². The van der Waals surface area contributed by atoms with Gasteiger partial charge in [0.25, 0.3) is 0 Å².